The van der Waals surface area contributed by atoms with Crippen LogP contribution in [-0.2, 0) is 13.0 Å². The molecule has 4 nitrogen and oxygen atoms in total. The molecule has 1 saturated heterocycles. The van der Waals surface area contributed by atoms with Crippen LogP contribution in [0.4, 0.5) is 5.69 Å². The Hall–Kier alpha value is -2.82. The summed E-state index contributed by atoms with van der Waals surface area (Å²) >= 11 is 6.03. The number of benzene rings is 3. The molecule has 2 aliphatic heterocycles. The van der Waals surface area contributed by atoms with Gasteiger partial charge in [-0.3, -0.25) is 4.90 Å². The van der Waals surface area contributed by atoms with E-state index < -0.39 is 5.97 Å². The summed E-state index contributed by atoms with van der Waals surface area (Å²) in [5.74, 6) is -0.851. The van der Waals surface area contributed by atoms with Gasteiger partial charge >= 0.3 is 5.97 Å². The number of aromatic carboxylic acids is 1. The first kappa shape index (κ1) is 20.1. The Morgan fingerprint density at radius 3 is 2.65 bits per heavy atom. The predicted molar refractivity (Wildman–Crippen MR) is 125 cm³/mol. The van der Waals surface area contributed by atoms with Crippen molar-refractivity contribution in [1.82, 2.24) is 4.90 Å². The molecule has 0 saturated carbocycles. The third-order valence-corrected chi connectivity index (χ3v) is 6.71. The van der Waals surface area contributed by atoms with Crippen molar-refractivity contribution in [2.24, 2.45) is 0 Å². The molecular formula is C26H25ClN2O2. The Kier molecular flexibility index (Phi) is 5.43. The highest BCUT2D eigenvalue weighted by Gasteiger charge is 2.31. The number of piperazine rings is 1. The first-order valence-corrected chi connectivity index (χ1v) is 11.1. The number of nitrogens with zero attached hydrogens (tertiary/aromatic N) is 2. The average molecular weight is 433 g/mol. The molecule has 1 fully saturated rings. The van der Waals surface area contributed by atoms with Gasteiger partial charge in [0.15, 0.2) is 0 Å². The minimum absolute atomic E-state index is 0.386. The number of rotatable bonds is 4. The Labute approximate surface area is 187 Å². The Morgan fingerprint density at radius 1 is 1.00 bits per heavy atom. The molecule has 1 atom stereocenters. The van der Waals surface area contributed by atoms with E-state index in [0.717, 1.165) is 44.0 Å². The van der Waals surface area contributed by atoms with Crippen LogP contribution in [0.2, 0.25) is 5.02 Å². The van der Waals surface area contributed by atoms with E-state index in [4.69, 9.17) is 11.6 Å². The van der Waals surface area contributed by atoms with Crippen molar-refractivity contribution in [3.63, 3.8) is 0 Å². The van der Waals surface area contributed by atoms with E-state index in [2.05, 4.69) is 46.2 Å². The topological polar surface area (TPSA) is 43.8 Å². The van der Waals surface area contributed by atoms with Crippen LogP contribution >= 0.6 is 11.6 Å². The fourth-order valence-electron chi connectivity index (χ4n) is 4.90. The fraction of sp³-hybridized carbons (Fsp3) is 0.269. The maximum Gasteiger partial charge on any atom is 0.335 e. The predicted octanol–water partition coefficient (Wildman–Crippen LogP) is 5.34. The van der Waals surface area contributed by atoms with Crippen molar-refractivity contribution >= 4 is 23.3 Å². The van der Waals surface area contributed by atoms with Crippen molar-refractivity contribution < 1.29 is 9.90 Å². The second kappa shape index (κ2) is 8.37. The van der Waals surface area contributed by atoms with Crippen LogP contribution in [0.3, 0.4) is 0 Å². The SMILES string of the molecule is O=C(O)c1ccc2c(c1)CC[C@H]1CN(Cc3cccc(-c4ccc(Cl)cc4)c3)CCN21. The van der Waals surface area contributed by atoms with Gasteiger partial charge in [-0.05, 0) is 71.5 Å². The molecule has 0 spiro atoms. The third kappa shape index (κ3) is 4.18. The second-order valence-corrected chi connectivity index (χ2v) is 8.91. The molecule has 2 heterocycles. The average Bonchev–Trinajstić information content (AvgIpc) is 2.79. The lowest BCUT2D eigenvalue weighted by atomic mass is 9.92. The van der Waals surface area contributed by atoms with Crippen molar-refractivity contribution in [2.75, 3.05) is 24.5 Å². The molecule has 0 aromatic heterocycles. The number of carboxylic acid groups (broad SMARTS) is 1. The highest BCUT2D eigenvalue weighted by molar-refractivity contribution is 6.30. The molecule has 0 radical (unpaired) electrons. The number of hydrogen-bond donors (Lipinski definition) is 1. The maximum absolute atomic E-state index is 11.3. The van der Waals surface area contributed by atoms with Crippen molar-refractivity contribution in [3.05, 3.63) is 88.4 Å². The lowest BCUT2D eigenvalue weighted by Crippen LogP contribution is -2.54. The lowest BCUT2D eigenvalue weighted by molar-refractivity contribution is 0.0696. The second-order valence-electron chi connectivity index (χ2n) is 8.48. The molecule has 0 bridgehead atoms. The molecule has 31 heavy (non-hydrogen) atoms. The van der Waals surface area contributed by atoms with E-state index in [9.17, 15) is 9.90 Å². The molecule has 0 unspecified atom stereocenters. The highest BCUT2D eigenvalue weighted by Crippen LogP contribution is 2.34. The van der Waals surface area contributed by atoms with E-state index in [-0.39, 0.29) is 0 Å². The number of fused-ring (bicyclic) bond motifs is 3. The zero-order chi connectivity index (χ0) is 21.4. The van der Waals surface area contributed by atoms with Crippen LogP contribution in [0.5, 0.6) is 0 Å². The monoisotopic (exact) mass is 432 g/mol. The normalized spacial score (nSPS) is 18.4. The minimum atomic E-state index is -0.851. The molecule has 5 rings (SSSR count). The van der Waals surface area contributed by atoms with Gasteiger partial charge in [-0.15, -0.1) is 0 Å². The number of carbonyl (C=O) groups is 1. The molecule has 3 aromatic rings. The molecule has 2 aliphatic rings. The van der Waals surface area contributed by atoms with E-state index in [1.807, 2.05) is 24.3 Å². The maximum atomic E-state index is 11.3. The van der Waals surface area contributed by atoms with Gasteiger partial charge in [0.05, 0.1) is 5.56 Å². The van der Waals surface area contributed by atoms with Crippen LogP contribution in [0, 0.1) is 0 Å². The Balaban J connectivity index is 1.28. The van der Waals surface area contributed by atoms with Gasteiger partial charge in [0.1, 0.15) is 0 Å². The summed E-state index contributed by atoms with van der Waals surface area (Å²) in [6.07, 6.45) is 2.01. The zero-order valence-electron chi connectivity index (χ0n) is 17.3. The van der Waals surface area contributed by atoms with Crippen LogP contribution in [0.25, 0.3) is 11.1 Å². The van der Waals surface area contributed by atoms with Gasteiger partial charge in [0, 0.05) is 42.9 Å². The summed E-state index contributed by atoms with van der Waals surface area (Å²) in [5.41, 5.74) is 6.49. The van der Waals surface area contributed by atoms with Crippen molar-refractivity contribution in [1.29, 1.82) is 0 Å². The first-order chi connectivity index (χ1) is 15.1. The van der Waals surface area contributed by atoms with Crippen LogP contribution in [0.1, 0.15) is 27.9 Å². The van der Waals surface area contributed by atoms with Gasteiger partial charge in [0.25, 0.3) is 0 Å². The van der Waals surface area contributed by atoms with Gasteiger partial charge in [0.2, 0.25) is 0 Å². The largest absolute Gasteiger partial charge is 0.478 e. The van der Waals surface area contributed by atoms with E-state index in [0.29, 0.717) is 11.6 Å². The van der Waals surface area contributed by atoms with Crippen molar-refractivity contribution in [2.45, 2.75) is 25.4 Å². The summed E-state index contributed by atoms with van der Waals surface area (Å²) in [7, 11) is 0. The number of anilines is 1. The molecule has 0 aliphatic carbocycles. The van der Waals surface area contributed by atoms with Crippen LogP contribution in [-0.4, -0.2) is 41.7 Å². The van der Waals surface area contributed by atoms with Crippen LogP contribution in [0.15, 0.2) is 66.7 Å². The quantitative estimate of drug-likeness (QED) is 0.604. The van der Waals surface area contributed by atoms with Gasteiger partial charge in [-0.25, -0.2) is 4.79 Å². The molecule has 3 aromatic carbocycles. The number of aryl methyl sites for hydroxylation is 1. The lowest BCUT2D eigenvalue weighted by Gasteiger charge is -2.46. The molecule has 158 valence electrons. The van der Waals surface area contributed by atoms with Gasteiger partial charge in [-0.2, -0.15) is 0 Å². The smallest absolute Gasteiger partial charge is 0.335 e. The molecule has 5 heteroatoms. The van der Waals surface area contributed by atoms with E-state index in [1.54, 1.807) is 6.07 Å². The van der Waals surface area contributed by atoms with Crippen LogP contribution < -0.4 is 4.90 Å². The molecule has 0 amide bonds. The summed E-state index contributed by atoms with van der Waals surface area (Å²) in [6.45, 7) is 3.95. The minimum Gasteiger partial charge on any atom is -0.478 e. The number of carboxylic acids is 1. The van der Waals surface area contributed by atoms with E-state index in [1.165, 1.54) is 27.9 Å². The summed E-state index contributed by atoms with van der Waals surface area (Å²) in [6, 6.07) is 22.8. The first-order valence-electron chi connectivity index (χ1n) is 10.8. The summed E-state index contributed by atoms with van der Waals surface area (Å²) in [5, 5.41) is 10.0. The van der Waals surface area contributed by atoms with Gasteiger partial charge < -0.3 is 10.0 Å². The zero-order valence-corrected chi connectivity index (χ0v) is 18.1. The van der Waals surface area contributed by atoms with Crippen molar-refractivity contribution in [3.8, 4) is 11.1 Å². The summed E-state index contributed by atoms with van der Waals surface area (Å²) in [4.78, 5) is 16.3. The Morgan fingerprint density at radius 2 is 1.84 bits per heavy atom. The third-order valence-electron chi connectivity index (χ3n) is 6.46. The van der Waals surface area contributed by atoms with E-state index >= 15 is 0 Å². The fourth-order valence-corrected chi connectivity index (χ4v) is 5.02. The standard InChI is InChI=1S/C26H25ClN2O2/c27-23-8-4-19(5-9-23)20-3-1-2-18(14-20)16-28-12-13-29-24(17-28)10-6-21-15-22(26(30)31)7-11-25(21)29/h1-5,7-9,11,14-15,24H,6,10,12-13,16-17H2,(H,30,31)/t24-/m0/s1. The molecule has 1 N–H and O–H groups in total. The summed E-state index contributed by atoms with van der Waals surface area (Å²) < 4.78 is 0. The number of halogens is 1. The van der Waals surface area contributed by atoms with Gasteiger partial charge in [-0.1, -0.05) is 41.9 Å². The number of hydrogen-bond acceptors (Lipinski definition) is 3. The highest BCUT2D eigenvalue weighted by atomic mass is 35.5. The molecular weight excluding hydrogens is 408 g/mol. The Bertz CT molecular complexity index is 1110.